The van der Waals surface area contributed by atoms with Gasteiger partial charge in [-0.15, -0.1) is 6.42 Å². The largest absolute Gasteiger partial charge is 0.480 e. The fourth-order valence-electron chi connectivity index (χ4n) is 2.77. The maximum absolute atomic E-state index is 13.1. The smallest absolute Gasteiger partial charge is 0.262 e. The van der Waals surface area contributed by atoms with Gasteiger partial charge in [-0.1, -0.05) is 0 Å². The number of hydrogen-bond donors (Lipinski definition) is 1. The topological polar surface area (TPSA) is 98.5 Å². The molecular weight excluding hydrogens is 409 g/mol. The molecule has 0 spiro atoms. The van der Waals surface area contributed by atoms with E-state index < -0.39 is 15.8 Å². The highest BCUT2D eigenvalue weighted by atomic mass is 32.2. The van der Waals surface area contributed by atoms with Crippen molar-refractivity contribution in [2.45, 2.75) is 4.90 Å². The highest BCUT2D eigenvalue weighted by Gasteiger charge is 2.18. The highest BCUT2D eigenvalue weighted by Crippen LogP contribution is 2.29. The molecule has 0 bridgehead atoms. The van der Waals surface area contributed by atoms with E-state index in [-0.39, 0.29) is 16.5 Å². The monoisotopic (exact) mass is 423 g/mol. The van der Waals surface area contributed by atoms with Crippen molar-refractivity contribution in [1.29, 1.82) is 0 Å². The number of sulfonamides is 1. The molecule has 4 rings (SSSR count). The van der Waals surface area contributed by atoms with Gasteiger partial charge in [0, 0.05) is 11.8 Å². The van der Waals surface area contributed by atoms with E-state index in [1.807, 2.05) is 0 Å². The molecule has 0 saturated carbocycles. The Morgan fingerprint density at radius 2 is 1.90 bits per heavy atom. The maximum atomic E-state index is 13.1. The van der Waals surface area contributed by atoms with Gasteiger partial charge < -0.3 is 4.74 Å². The number of benzene rings is 1. The van der Waals surface area contributed by atoms with Gasteiger partial charge in [0.15, 0.2) is 5.65 Å². The molecule has 1 aromatic carbocycles. The number of rotatable bonds is 5. The second-order valence-electron chi connectivity index (χ2n) is 6.12. The number of halogens is 1. The third-order valence-electron chi connectivity index (χ3n) is 4.22. The van der Waals surface area contributed by atoms with Crippen LogP contribution in [0.4, 0.5) is 10.1 Å². The molecule has 0 radical (unpaired) electrons. The molecule has 0 fully saturated rings. The number of hydrogen-bond acceptors (Lipinski definition) is 6. The van der Waals surface area contributed by atoms with E-state index in [1.165, 1.54) is 30.1 Å². The van der Waals surface area contributed by atoms with Crippen LogP contribution in [0.5, 0.6) is 5.88 Å². The van der Waals surface area contributed by atoms with Gasteiger partial charge in [-0.3, -0.25) is 4.72 Å². The Kier molecular flexibility index (Phi) is 4.81. The number of aromatic nitrogens is 4. The van der Waals surface area contributed by atoms with E-state index in [9.17, 15) is 12.8 Å². The molecule has 8 nitrogen and oxygen atoms in total. The van der Waals surface area contributed by atoms with Gasteiger partial charge in [0.2, 0.25) is 5.88 Å². The van der Waals surface area contributed by atoms with Gasteiger partial charge in [0.25, 0.3) is 10.0 Å². The van der Waals surface area contributed by atoms with Crippen molar-refractivity contribution in [3.8, 4) is 29.5 Å². The molecule has 3 aromatic heterocycles. The molecule has 3 heterocycles. The summed E-state index contributed by atoms with van der Waals surface area (Å²) in [6, 6.07) is 9.43. The lowest BCUT2D eigenvalue weighted by molar-refractivity contribution is 0.400. The molecule has 30 heavy (non-hydrogen) atoms. The Morgan fingerprint density at radius 3 is 2.60 bits per heavy atom. The van der Waals surface area contributed by atoms with Crippen LogP contribution in [0.25, 0.3) is 16.9 Å². The summed E-state index contributed by atoms with van der Waals surface area (Å²) >= 11 is 0. The molecule has 0 aliphatic heterocycles. The van der Waals surface area contributed by atoms with Crippen LogP contribution in [0.15, 0.2) is 59.8 Å². The number of methoxy groups -OCH3 is 1. The minimum Gasteiger partial charge on any atom is -0.480 e. The summed E-state index contributed by atoms with van der Waals surface area (Å²) < 4.78 is 47.6. The first kappa shape index (κ1) is 19.4. The first-order chi connectivity index (χ1) is 14.4. The molecule has 0 aliphatic rings. The van der Waals surface area contributed by atoms with Crippen molar-refractivity contribution < 1.29 is 17.5 Å². The Morgan fingerprint density at radius 1 is 1.13 bits per heavy atom. The van der Waals surface area contributed by atoms with Crippen molar-refractivity contribution in [3.05, 3.63) is 66.4 Å². The first-order valence-electron chi connectivity index (χ1n) is 8.55. The van der Waals surface area contributed by atoms with Crippen molar-refractivity contribution >= 4 is 21.4 Å². The molecule has 4 aromatic rings. The van der Waals surface area contributed by atoms with E-state index in [4.69, 9.17) is 11.2 Å². The summed E-state index contributed by atoms with van der Waals surface area (Å²) in [5.74, 6) is 2.02. The fourth-order valence-corrected chi connectivity index (χ4v) is 3.82. The van der Waals surface area contributed by atoms with E-state index >= 15 is 0 Å². The third-order valence-corrected chi connectivity index (χ3v) is 5.60. The Hall–Kier alpha value is -3.97. The fraction of sp³-hybridized carbons (Fsp3) is 0.0500. The van der Waals surface area contributed by atoms with Crippen molar-refractivity contribution in [1.82, 2.24) is 19.6 Å². The molecule has 10 heteroatoms. The standard InChI is InChI=1S/C20H14FN5O3S/c1-3-15-12-22-19-9-8-17(24-26(15)19)13-10-18(20(29-2)23-11-13)25-30(27,28)16-6-4-14(21)5-7-16/h1,4-12,25H,2H3. The minimum atomic E-state index is -4.00. The molecule has 0 atom stereocenters. The van der Waals surface area contributed by atoms with Crippen LogP contribution in [0.2, 0.25) is 0 Å². The van der Waals surface area contributed by atoms with Gasteiger partial charge in [-0.05, 0) is 48.4 Å². The van der Waals surface area contributed by atoms with Gasteiger partial charge in [-0.2, -0.15) is 5.10 Å². The summed E-state index contributed by atoms with van der Waals surface area (Å²) in [5, 5.41) is 4.45. The predicted octanol–water partition coefficient (Wildman–Crippen LogP) is 2.72. The maximum Gasteiger partial charge on any atom is 0.262 e. The van der Waals surface area contributed by atoms with Crippen LogP contribution >= 0.6 is 0 Å². The number of nitrogens with one attached hydrogen (secondary N) is 1. The molecule has 0 saturated heterocycles. The quantitative estimate of drug-likeness (QED) is 0.496. The number of terminal acetylenes is 1. The van der Waals surface area contributed by atoms with Gasteiger partial charge >= 0.3 is 0 Å². The van der Waals surface area contributed by atoms with Crippen LogP contribution in [-0.2, 0) is 10.0 Å². The molecule has 0 amide bonds. The third kappa shape index (κ3) is 3.54. The van der Waals surface area contributed by atoms with Gasteiger partial charge in [-0.25, -0.2) is 27.3 Å². The van der Waals surface area contributed by atoms with Crippen LogP contribution in [-0.4, -0.2) is 35.1 Å². The SMILES string of the molecule is C#Cc1cnc2ccc(-c3cnc(OC)c(NS(=O)(=O)c4ccc(F)cc4)c3)nn12. The highest BCUT2D eigenvalue weighted by molar-refractivity contribution is 7.92. The van der Waals surface area contributed by atoms with Crippen molar-refractivity contribution in [2.24, 2.45) is 0 Å². The van der Waals surface area contributed by atoms with E-state index in [1.54, 1.807) is 12.1 Å². The van der Waals surface area contributed by atoms with Gasteiger partial charge in [0.05, 0.1) is 23.9 Å². The molecule has 1 N–H and O–H groups in total. The van der Waals surface area contributed by atoms with E-state index in [0.717, 1.165) is 24.3 Å². The number of fused-ring (bicyclic) bond motifs is 1. The second kappa shape index (κ2) is 7.46. The molecule has 0 aliphatic carbocycles. The normalized spacial score (nSPS) is 11.2. The predicted molar refractivity (Wildman–Crippen MR) is 108 cm³/mol. The van der Waals surface area contributed by atoms with Crippen LogP contribution < -0.4 is 9.46 Å². The van der Waals surface area contributed by atoms with Gasteiger partial charge in [0.1, 0.15) is 17.2 Å². The average molecular weight is 423 g/mol. The Labute approximate surface area is 171 Å². The lowest BCUT2D eigenvalue weighted by atomic mass is 10.2. The molecular formula is C20H14FN5O3S. The zero-order chi connectivity index (χ0) is 21.3. The summed E-state index contributed by atoms with van der Waals surface area (Å²) in [5.41, 5.74) is 2.17. The summed E-state index contributed by atoms with van der Waals surface area (Å²) in [6.45, 7) is 0. The lowest BCUT2D eigenvalue weighted by Gasteiger charge is -2.12. The summed E-state index contributed by atoms with van der Waals surface area (Å²) in [6.07, 6.45) is 8.49. The molecule has 0 unspecified atom stereocenters. The summed E-state index contributed by atoms with van der Waals surface area (Å²) in [7, 11) is -2.63. The lowest BCUT2D eigenvalue weighted by Crippen LogP contribution is -2.14. The average Bonchev–Trinajstić information content (AvgIpc) is 3.16. The zero-order valence-corrected chi connectivity index (χ0v) is 16.4. The summed E-state index contributed by atoms with van der Waals surface area (Å²) in [4.78, 5) is 8.22. The second-order valence-corrected chi connectivity index (χ2v) is 7.80. The molecule has 150 valence electrons. The van der Waals surface area contributed by atoms with E-state index in [2.05, 4.69) is 25.7 Å². The first-order valence-corrected chi connectivity index (χ1v) is 10.0. The number of anilines is 1. The van der Waals surface area contributed by atoms with Crippen LogP contribution in [0.3, 0.4) is 0 Å². The Bertz CT molecular complexity index is 1390. The van der Waals surface area contributed by atoms with Crippen LogP contribution in [0.1, 0.15) is 5.69 Å². The number of ether oxygens (including phenoxy) is 1. The van der Waals surface area contributed by atoms with E-state index in [0.29, 0.717) is 22.6 Å². The number of nitrogens with zero attached hydrogens (tertiary/aromatic N) is 4. The zero-order valence-electron chi connectivity index (χ0n) is 15.6. The Balaban J connectivity index is 1.76. The minimum absolute atomic E-state index is 0.0671. The number of pyridine rings is 1. The van der Waals surface area contributed by atoms with Crippen LogP contribution in [0, 0.1) is 18.2 Å². The van der Waals surface area contributed by atoms with Crippen molar-refractivity contribution in [2.75, 3.05) is 11.8 Å². The van der Waals surface area contributed by atoms with Crippen molar-refractivity contribution in [3.63, 3.8) is 0 Å². The number of imidazole rings is 1.